The van der Waals surface area contributed by atoms with E-state index < -0.39 is 11.9 Å². The van der Waals surface area contributed by atoms with E-state index in [1.54, 1.807) is 12.1 Å². The molecule has 2 aliphatic carbocycles. The Balaban J connectivity index is 1.53. The van der Waals surface area contributed by atoms with E-state index in [2.05, 4.69) is 5.32 Å². The van der Waals surface area contributed by atoms with E-state index in [1.165, 1.54) is 12.1 Å². The Kier molecular flexibility index (Phi) is 6.36. The smallest absolute Gasteiger partial charge is 0.337 e. The summed E-state index contributed by atoms with van der Waals surface area (Å²) >= 11 is 0. The van der Waals surface area contributed by atoms with Crippen molar-refractivity contribution >= 4 is 11.8 Å². The highest BCUT2D eigenvalue weighted by Crippen LogP contribution is 2.46. The first-order valence-corrected chi connectivity index (χ1v) is 12.3. The van der Waals surface area contributed by atoms with Crippen LogP contribution < -0.4 is 5.32 Å². The van der Waals surface area contributed by atoms with Gasteiger partial charge < -0.3 is 10.1 Å². The molecule has 0 saturated heterocycles. The summed E-state index contributed by atoms with van der Waals surface area (Å²) in [5.74, 6) is -1.37. The van der Waals surface area contributed by atoms with Gasteiger partial charge in [-0.1, -0.05) is 48.9 Å². The van der Waals surface area contributed by atoms with Crippen LogP contribution in [0.15, 0.2) is 77.1 Å². The van der Waals surface area contributed by atoms with Crippen LogP contribution in [0, 0.1) is 5.82 Å². The summed E-state index contributed by atoms with van der Waals surface area (Å²) in [6, 6.07) is 16.3. The molecule has 1 fully saturated rings. The second-order valence-electron chi connectivity index (χ2n) is 9.65. The number of nitrogens with one attached hydrogen (secondary N) is 1. The summed E-state index contributed by atoms with van der Waals surface area (Å²) < 4.78 is 20.2. The summed E-state index contributed by atoms with van der Waals surface area (Å²) in [4.78, 5) is 27.0. The zero-order chi connectivity index (χ0) is 23.7. The number of ether oxygens (including phenoxy) is 1. The molecule has 1 aliphatic heterocycles. The van der Waals surface area contributed by atoms with Gasteiger partial charge >= 0.3 is 5.97 Å². The van der Waals surface area contributed by atoms with Crippen LogP contribution in [0.3, 0.4) is 0 Å². The van der Waals surface area contributed by atoms with Crippen molar-refractivity contribution in [2.45, 2.75) is 69.8 Å². The Hall–Kier alpha value is -3.21. The SMILES string of the molecule is CC1=C(C(=O)OC2CCCCC2)[C@H](c2cccc(F)c2)C2=C(C[C@H](c3ccccc3)CC2=O)N1. The Morgan fingerprint density at radius 2 is 1.71 bits per heavy atom. The lowest BCUT2D eigenvalue weighted by Crippen LogP contribution is -2.37. The summed E-state index contributed by atoms with van der Waals surface area (Å²) in [6.07, 6.45) is 5.92. The van der Waals surface area contributed by atoms with E-state index in [1.807, 2.05) is 37.3 Å². The fourth-order valence-corrected chi connectivity index (χ4v) is 5.69. The Morgan fingerprint density at radius 3 is 2.44 bits per heavy atom. The molecule has 3 aliphatic rings. The highest BCUT2D eigenvalue weighted by Gasteiger charge is 2.42. The number of dihydropyridines is 1. The van der Waals surface area contributed by atoms with E-state index >= 15 is 0 Å². The highest BCUT2D eigenvalue weighted by molar-refractivity contribution is 6.04. The van der Waals surface area contributed by atoms with Gasteiger partial charge in [-0.15, -0.1) is 0 Å². The van der Waals surface area contributed by atoms with Crippen LogP contribution in [0.4, 0.5) is 4.39 Å². The minimum absolute atomic E-state index is 0.00710. The maximum absolute atomic E-state index is 14.3. The number of esters is 1. The van der Waals surface area contributed by atoms with Gasteiger partial charge in [-0.2, -0.15) is 0 Å². The number of carbonyl (C=O) groups excluding carboxylic acids is 2. The molecule has 0 spiro atoms. The maximum Gasteiger partial charge on any atom is 0.337 e. The van der Waals surface area contributed by atoms with Crippen molar-refractivity contribution in [3.05, 3.63) is 94.1 Å². The Labute approximate surface area is 199 Å². The second kappa shape index (κ2) is 9.57. The molecule has 4 nitrogen and oxygen atoms in total. The third-order valence-corrected chi connectivity index (χ3v) is 7.33. The first kappa shape index (κ1) is 22.6. The predicted molar refractivity (Wildman–Crippen MR) is 128 cm³/mol. The minimum atomic E-state index is -0.632. The van der Waals surface area contributed by atoms with Crippen LogP contribution in [0.25, 0.3) is 0 Å². The molecule has 0 amide bonds. The van der Waals surface area contributed by atoms with Crippen molar-refractivity contribution in [3.8, 4) is 0 Å². The molecule has 5 rings (SSSR count). The number of hydrogen-bond donors (Lipinski definition) is 1. The molecular formula is C29H30FNO3. The quantitative estimate of drug-likeness (QED) is 0.565. The lowest BCUT2D eigenvalue weighted by molar-refractivity contribution is -0.146. The average Bonchev–Trinajstić information content (AvgIpc) is 2.84. The van der Waals surface area contributed by atoms with E-state index in [9.17, 15) is 14.0 Å². The molecule has 1 saturated carbocycles. The van der Waals surface area contributed by atoms with Crippen molar-refractivity contribution in [1.29, 1.82) is 0 Å². The fourth-order valence-electron chi connectivity index (χ4n) is 5.69. The number of rotatable bonds is 4. The van der Waals surface area contributed by atoms with Gasteiger partial charge in [-0.25, -0.2) is 9.18 Å². The Bertz CT molecular complexity index is 1160. The van der Waals surface area contributed by atoms with Crippen molar-refractivity contribution in [3.63, 3.8) is 0 Å². The van der Waals surface area contributed by atoms with Crippen molar-refractivity contribution in [2.75, 3.05) is 0 Å². The molecule has 176 valence electrons. The maximum atomic E-state index is 14.3. The number of Topliss-reactive ketones (excluding diaryl/α,β-unsaturated/α-hetero) is 1. The van der Waals surface area contributed by atoms with Crippen molar-refractivity contribution < 1.29 is 18.7 Å². The van der Waals surface area contributed by atoms with Crippen molar-refractivity contribution in [2.24, 2.45) is 0 Å². The largest absolute Gasteiger partial charge is 0.459 e. The van der Waals surface area contributed by atoms with Crippen molar-refractivity contribution in [1.82, 2.24) is 5.32 Å². The molecule has 2 aromatic rings. The molecule has 1 heterocycles. The predicted octanol–water partition coefficient (Wildman–Crippen LogP) is 6.06. The standard InChI is InChI=1S/C29H30FNO3/c1-18-26(29(33)34-23-13-6-3-7-14-23)27(20-11-8-12-22(30)15-20)28-24(31-18)16-21(17-25(28)32)19-9-4-2-5-10-19/h2,4-5,8-12,15,21,23,27,31H,3,6-7,13-14,16-17H2,1H3/t21-,27-/m0/s1. The topological polar surface area (TPSA) is 55.4 Å². The highest BCUT2D eigenvalue weighted by atomic mass is 19.1. The van der Waals surface area contributed by atoms with E-state index in [4.69, 9.17) is 4.74 Å². The zero-order valence-electron chi connectivity index (χ0n) is 19.5. The number of halogens is 1. The van der Waals surface area contributed by atoms with Crippen LogP contribution in [0.1, 0.15) is 74.8 Å². The number of allylic oxidation sites excluding steroid dienone is 3. The first-order chi connectivity index (χ1) is 16.5. The molecule has 0 unspecified atom stereocenters. The monoisotopic (exact) mass is 459 g/mol. The van der Waals surface area contributed by atoms with E-state index in [0.717, 1.165) is 43.4 Å². The molecule has 0 radical (unpaired) electrons. The summed E-state index contributed by atoms with van der Waals surface area (Å²) in [5, 5.41) is 3.37. The third kappa shape index (κ3) is 4.44. The number of benzene rings is 2. The van der Waals surface area contributed by atoms with Gasteiger partial charge in [0.25, 0.3) is 0 Å². The zero-order valence-corrected chi connectivity index (χ0v) is 19.5. The molecule has 0 bridgehead atoms. The molecular weight excluding hydrogens is 429 g/mol. The average molecular weight is 460 g/mol. The van der Waals surface area contributed by atoms with E-state index in [-0.39, 0.29) is 23.6 Å². The summed E-state index contributed by atoms with van der Waals surface area (Å²) in [7, 11) is 0. The fraction of sp³-hybridized carbons (Fsp3) is 0.379. The normalized spacial score (nSPS) is 23.4. The molecule has 2 atom stereocenters. The van der Waals surface area contributed by atoms with Gasteiger partial charge in [-0.05, 0) is 68.2 Å². The van der Waals surface area contributed by atoms with Gasteiger partial charge in [0.2, 0.25) is 0 Å². The van der Waals surface area contributed by atoms with Gasteiger partial charge in [0.1, 0.15) is 11.9 Å². The molecule has 34 heavy (non-hydrogen) atoms. The van der Waals surface area contributed by atoms with Gasteiger partial charge in [0.15, 0.2) is 5.78 Å². The number of hydrogen-bond acceptors (Lipinski definition) is 4. The van der Waals surface area contributed by atoms with E-state index in [0.29, 0.717) is 35.2 Å². The molecule has 2 aromatic carbocycles. The Morgan fingerprint density at radius 1 is 0.971 bits per heavy atom. The minimum Gasteiger partial charge on any atom is -0.459 e. The van der Waals surface area contributed by atoms with Crippen LogP contribution >= 0.6 is 0 Å². The third-order valence-electron chi connectivity index (χ3n) is 7.33. The number of carbonyl (C=O) groups is 2. The number of ketones is 1. The van der Waals surface area contributed by atoms with Crippen LogP contribution in [0.5, 0.6) is 0 Å². The lowest BCUT2D eigenvalue weighted by atomic mass is 9.71. The first-order valence-electron chi connectivity index (χ1n) is 12.3. The van der Waals surface area contributed by atoms with Gasteiger partial charge in [0.05, 0.1) is 5.57 Å². The molecule has 5 heteroatoms. The molecule has 1 N–H and O–H groups in total. The van der Waals surface area contributed by atoms with Crippen LogP contribution in [-0.4, -0.2) is 17.9 Å². The van der Waals surface area contributed by atoms with Crippen LogP contribution in [-0.2, 0) is 14.3 Å². The summed E-state index contributed by atoms with van der Waals surface area (Å²) in [5.41, 5.74) is 4.22. The lowest BCUT2D eigenvalue weighted by Gasteiger charge is -2.37. The van der Waals surface area contributed by atoms with Crippen LogP contribution in [0.2, 0.25) is 0 Å². The molecule has 0 aromatic heterocycles. The van der Waals surface area contributed by atoms with Gasteiger partial charge in [-0.3, -0.25) is 4.79 Å². The summed E-state index contributed by atoms with van der Waals surface area (Å²) in [6.45, 7) is 1.85. The second-order valence-corrected chi connectivity index (χ2v) is 9.65. The van der Waals surface area contributed by atoms with Gasteiger partial charge in [0, 0.05) is 29.3 Å².